The number of aryl methyl sites for hydroxylation is 2. The van der Waals surface area contributed by atoms with Gasteiger partial charge in [-0.3, -0.25) is 4.68 Å². The van der Waals surface area contributed by atoms with Crippen molar-refractivity contribution < 1.29 is 5.11 Å². The summed E-state index contributed by atoms with van der Waals surface area (Å²) >= 11 is 0. The van der Waals surface area contributed by atoms with Gasteiger partial charge in [-0.05, 0) is 19.3 Å². The zero-order chi connectivity index (χ0) is 11.8. The molecule has 0 saturated heterocycles. The summed E-state index contributed by atoms with van der Waals surface area (Å²) < 4.78 is 1.78. The Bertz CT molecular complexity index is 382. The number of nitrogen functional groups attached to an aromatic ring is 1. The van der Waals surface area contributed by atoms with E-state index in [1.54, 1.807) is 4.68 Å². The highest BCUT2D eigenvalue weighted by Gasteiger charge is 2.41. The molecule has 0 unspecified atom stereocenters. The van der Waals surface area contributed by atoms with Gasteiger partial charge in [-0.2, -0.15) is 5.10 Å². The van der Waals surface area contributed by atoms with E-state index in [0.717, 1.165) is 43.0 Å². The van der Waals surface area contributed by atoms with Crippen LogP contribution in [0.4, 0.5) is 11.5 Å². The van der Waals surface area contributed by atoms with Crippen molar-refractivity contribution >= 4 is 11.5 Å². The molecule has 16 heavy (non-hydrogen) atoms. The van der Waals surface area contributed by atoms with Crippen LogP contribution >= 0.6 is 0 Å². The van der Waals surface area contributed by atoms with Crippen molar-refractivity contribution in [1.82, 2.24) is 9.78 Å². The average Bonchev–Trinajstić information content (AvgIpc) is 3.01. The second-order valence-corrected chi connectivity index (χ2v) is 4.70. The van der Waals surface area contributed by atoms with Gasteiger partial charge in [-0.1, -0.05) is 6.92 Å². The van der Waals surface area contributed by atoms with Gasteiger partial charge in [0.1, 0.15) is 5.82 Å². The smallest absolute Gasteiger partial charge is 0.147 e. The topological polar surface area (TPSA) is 76.1 Å². The second kappa shape index (κ2) is 3.97. The summed E-state index contributed by atoms with van der Waals surface area (Å²) in [5.41, 5.74) is 7.75. The van der Waals surface area contributed by atoms with Gasteiger partial charge < -0.3 is 16.2 Å². The minimum atomic E-state index is 0.0864. The highest BCUT2D eigenvalue weighted by atomic mass is 16.3. The number of anilines is 2. The molecule has 1 saturated carbocycles. The number of nitrogens with two attached hydrogens (primary N) is 1. The van der Waals surface area contributed by atoms with Gasteiger partial charge in [0.25, 0.3) is 0 Å². The van der Waals surface area contributed by atoms with Crippen LogP contribution in [0.2, 0.25) is 0 Å². The lowest BCUT2D eigenvalue weighted by Gasteiger charge is -2.14. The summed E-state index contributed by atoms with van der Waals surface area (Å²) in [6, 6.07) is 0. The van der Waals surface area contributed by atoms with Gasteiger partial charge in [-0.15, -0.1) is 0 Å². The van der Waals surface area contributed by atoms with E-state index < -0.39 is 0 Å². The number of aliphatic hydroxyl groups excluding tert-OH is 1. The second-order valence-electron chi connectivity index (χ2n) is 4.70. The molecule has 1 aromatic heterocycles. The lowest BCUT2D eigenvalue weighted by molar-refractivity contribution is 0.219. The van der Waals surface area contributed by atoms with Crippen LogP contribution in [-0.2, 0) is 13.5 Å². The van der Waals surface area contributed by atoms with Gasteiger partial charge in [0, 0.05) is 19.0 Å². The number of hydrogen-bond donors (Lipinski definition) is 3. The Labute approximate surface area is 95.6 Å². The lowest BCUT2D eigenvalue weighted by Crippen LogP contribution is -2.20. The Morgan fingerprint density at radius 3 is 2.69 bits per heavy atom. The highest BCUT2D eigenvalue weighted by molar-refractivity contribution is 5.65. The van der Waals surface area contributed by atoms with Crippen LogP contribution in [0.3, 0.4) is 0 Å². The molecule has 1 aliphatic carbocycles. The van der Waals surface area contributed by atoms with Crippen molar-refractivity contribution in [2.45, 2.75) is 26.2 Å². The molecule has 0 radical (unpaired) electrons. The molecule has 1 aliphatic rings. The molecule has 1 heterocycles. The molecule has 5 heteroatoms. The molecule has 0 bridgehead atoms. The molecule has 0 atom stereocenters. The Balaban J connectivity index is 2.06. The van der Waals surface area contributed by atoms with Crippen LogP contribution < -0.4 is 11.1 Å². The van der Waals surface area contributed by atoms with Crippen molar-refractivity contribution in [1.29, 1.82) is 0 Å². The predicted octanol–water partition coefficient (Wildman–Crippen LogP) is 0.749. The van der Waals surface area contributed by atoms with E-state index in [0.29, 0.717) is 0 Å². The number of hydrogen-bond acceptors (Lipinski definition) is 4. The van der Waals surface area contributed by atoms with Crippen LogP contribution in [-0.4, -0.2) is 28.0 Å². The van der Waals surface area contributed by atoms with Gasteiger partial charge in [0.15, 0.2) is 0 Å². The largest absolute Gasteiger partial charge is 0.396 e. The van der Waals surface area contributed by atoms with Crippen LogP contribution in [0.5, 0.6) is 0 Å². The Morgan fingerprint density at radius 1 is 1.56 bits per heavy atom. The molecule has 2 rings (SSSR count). The van der Waals surface area contributed by atoms with Crippen molar-refractivity contribution in [3.05, 3.63) is 5.69 Å². The first-order valence-electron chi connectivity index (χ1n) is 5.78. The fraction of sp³-hybridized carbons (Fsp3) is 0.727. The number of aliphatic hydroxyl groups is 1. The minimum Gasteiger partial charge on any atom is -0.396 e. The van der Waals surface area contributed by atoms with E-state index in [4.69, 9.17) is 5.73 Å². The van der Waals surface area contributed by atoms with E-state index in [1.165, 1.54) is 0 Å². The van der Waals surface area contributed by atoms with Gasteiger partial charge in [0.05, 0.1) is 18.0 Å². The summed E-state index contributed by atoms with van der Waals surface area (Å²) in [7, 11) is 1.89. The highest BCUT2D eigenvalue weighted by Crippen LogP contribution is 2.45. The van der Waals surface area contributed by atoms with Gasteiger partial charge >= 0.3 is 0 Å². The maximum absolute atomic E-state index is 9.23. The fourth-order valence-electron chi connectivity index (χ4n) is 1.91. The third-order valence-electron chi connectivity index (χ3n) is 3.42. The van der Waals surface area contributed by atoms with Crippen molar-refractivity contribution in [2.75, 3.05) is 24.2 Å². The first-order valence-corrected chi connectivity index (χ1v) is 5.78. The molecule has 1 aromatic rings. The minimum absolute atomic E-state index is 0.0864. The van der Waals surface area contributed by atoms with Crippen LogP contribution in [0.15, 0.2) is 0 Å². The zero-order valence-electron chi connectivity index (χ0n) is 9.95. The summed E-state index contributed by atoms with van der Waals surface area (Å²) in [6.45, 7) is 3.06. The molecule has 0 aromatic carbocycles. The van der Waals surface area contributed by atoms with E-state index >= 15 is 0 Å². The third-order valence-corrected chi connectivity index (χ3v) is 3.42. The summed E-state index contributed by atoms with van der Waals surface area (Å²) in [5.74, 6) is 0.872. The summed E-state index contributed by atoms with van der Waals surface area (Å²) in [4.78, 5) is 0. The standard InChI is InChI=1S/C11H20N4O/c1-3-8-9(12)10(15(2)14-8)13-6-11(7-16)4-5-11/h13,16H,3-7,12H2,1-2H3. The fourth-order valence-corrected chi connectivity index (χ4v) is 1.91. The number of aromatic nitrogens is 2. The molecule has 0 aliphatic heterocycles. The summed E-state index contributed by atoms with van der Waals surface area (Å²) in [5, 5.41) is 16.9. The van der Waals surface area contributed by atoms with Crippen LogP contribution in [0.25, 0.3) is 0 Å². The van der Waals surface area contributed by atoms with Crippen molar-refractivity contribution in [3.8, 4) is 0 Å². The quantitative estimate of drug-likeness (QED) is 0.690. The monoisotopic (exact) mass is 224 g/mol. The van der Waals surface area contributed by atoms with E-state index in [-0.39, 0.29) is 12.0 Å². The Kier molecular flexibility index (Phi) is 2.80. The molecule has 90 valence electrons. The van der Waals surface area contributed by atoms with E-state index in [2.05, 4.69) is 10.4 Å². The number of nitrogens with one attached hydrogen (secondary N) is 1. The van der Waals surface area contributed by atoms with Crippen molar-refractivity contribution in [3.63, 3.8) is 0 Å². The first-order chi connectivity index (χ1) is 7.62. The molecule has 5 nitrogen and oxygen atoms in total. The molecule has 0 amide bonds. The van der Waals surface area contributed by atoms with E-state index in [1.807, 2.05) is 14.0 Å². The molecule has 1 fully saturated rings. The maximum Gasteiger partial charge on any atom is 0.147 e. The van der Waals surface area contributed by atoms with E-state index in [9.17, 15) is 5.11 Å². The van der Waals surface area contributed by atoms with Crippen molar-refractivity contribution in [2.24, 2.45) is 12.5 Å². The maximum atomic E-state index is 9.23. The van der Waals surface area contributed by atoms with Crippen LogP contribution in [0.1, 0.15) is 25.5 Å². The van der Waals surface area contributed by atoms with Crippen LogP contribution in [0, 0.1) is 5.41 Å². The molecule has 0 spiro atoms. The molecule has 4 N–H and O–H groups in total. The van der Waals surface area contributed by atoms with Gasteiger partial charge in [0.2, 0.25) is 0 Å². The number of nitrogens with zero attached hydrogens (tertiary/aromatic N) is 2. The predicted molar refractivity (Wildman–Crippen MR) is 64.2 cm³/mol. The SMILES string of the molecule is CCc1nn(C)c(NCC2(CO)CC2)c1N. The first kappa shape index (κ1) is 11.3. The Hall–Kier alpha value is -1.23. The van der Waals surface area contributed by atoms with Gasteiger partial charge in [-0.25, -0.2) is 0 Å². The molecular weight excluding hydrogens is 204 g/mol. The average molecular weight is 224 g/mol. The summed E-state index contributed by atoms with van der Waals surface area (Å²) in [6.07, 6.45) is 3.02. The number of rotatable bonds is 5. The molecular formula is C11H20N4O. The lowest BCUT2D eigenvalue weighted by atomic mass is 10.1. The zero-order valence-corrected chi connectivity index (χ0v) is 9.95. The normalized spacial score (nSPS) is 17.4. The third kappa shape index (κ3) is 1.87. The Morgan fingerprint density at radius 2 is 2.25 bits per heavy atom.